The molecule has 4 unspecified atom stereocenters. The Morgan fingerprint density at radius 2 is 1.33 bits per heavy atom. The summed E-state index contributed by atoms with van der Waals surface area (Å²) in [5, 5.41) is 3.94. The van der Waals surface area contributed by atoms with E-state index in [2.05, 4.69) is 140 Å². The van der Waals surface area contributed by atoms with Gasteiger partial charge >= 0.3 is 0 Å². The average molecular weight is 529 g/mol. The Morgan fingerprint density at radius 1 is 0.744 bits per heavy atom. The van der Waals surface area contributed by atoms with E-state index in [1.165, 1.54) is 28.4 Å². The molecule has 0 aromatic heterocycles. The number of rotatable bonds is 10. The minimum atomic E-state index is -2.71. The maximum absolute atomic E-state index is 7.46. The third-order valence-corrected chi connectivity index (χ3v) is 13.8. The van der Waals surface area contributed by atoms with Crippen molar-refractivity contribution in [3.8, 4) is 0 Å². The molecule has 3 aromatic carbocycles. The minimum absolute atomic E-state index is 0.155. The Morgan fingerprint density at radius 3 is 1.87 bits per heavy atom. The molecule has 3 aromatic rings. The van der Waals surface area contributed by atoms with Crippen molar-refractivity contribution in [1.29, 1.82) is 0 Å². The van der Waals surface area contributed by atoms with E-state index in [1.54, 1.807) is 5.57 Å². The van der Waals surface area contributed by atoms with E-state index in [9.17, 15) is 0 Å². The zero-order valence-electron chi connectivity index (χ0n) is 23.1. The molecule has 4 atom stereocenters. The summed E-state index contributed by atoms with van der Waals surface area (Å²) in [4.78, 5) is 0. The molecule has 0 spiro atoms. The maximum atomic E-state index is 7.46. The summed E-state index contributed by atoms with van der Waals surface area (Å²) >= 11 is 0. The number of allylic oxidation sites excluding steroid dienone is 8. The number of hydrogen-bond acceptors (Lipinski definition) is 1. The fourth-order valence-electron chi connectivity index (χ4n) is 7.82. The van der Waals surface area contributed by atoms with Gasteiger partial charge in [0.2, 0.25) is 0 Å². The van der Waals surface area contributed by atoms with Gasteiger partial charge in [0.1, 0.15) is 0 Å². The first-order valence-electron chi connectivity index (χ1n) is 14.8. The van der Waals surface area contributed by atoms with E-state index in [0.29, 0.717) is 17.8 Å². The van der Waals surface area contributed by atoms with Gasteiger partial charge in [0, 0.05) is 6.61 Å². The first-order valence-corrected chi connectivity index (χ1v) is 16.7. The van der Waals surface area contributed by atoms with Gasteiger partial charge in [-0.1, -0.05) is 146 Å². The molecule has 39 heavy (non-hydrogen) atoms. The van der Waals surface area contributed by atoms with Crippen molar-refractivity contribution in [2.45, 2.75) is 39.0 Å². The minimum Gasteiger partial charge on any atom is -0.404 e. The summed E-state index contributed by atoms with van der Waals surface area (Å²) in [7, 11) is -2.71. The van der Waals surface area contributed by atoms with Gasteiger partial charge in [-0.15, -0.1) is 0 Å². The van der Waals surface area contributed by atoms with Gasteiger partial charge in [-0.25, -0.2) is 0 Å². The van der Waals surface area contributed by atoms with Gasteiger partial charge < -0.3 is 4.43 Å². The zero-order chi connectivity index (χ0) is 26.5. The molecule has 1 nitrogen and oxygen atoms in total. The van der Waals surface area contributed by atoms with E-state index < -0.39 is 8.32 Å². The largest absolute Gasteiger partial charge is 0.404 e. The van der Waals surface area contributed by atoms with E-state index >= 15 is 0 Å². The van der Waals surface area contributed by atoms with Crippen molar-refractivity contribution >= 4 is 23.9 Å². The Balaban J connectivity index is 1.39. The van der Waals surface area contributed by atoms with Crippen molar-refractivity contribution in [3.05, 3.63) is 139 Å². The topological polar surface area (TPSA) is 9.23 Å². The summed E-state index contributed by atoms with van der Waals surface area (Å²) < 4.78 is 7.46. The maximum Gasteiger partial charge on any atom is 0.288 e. The molecule has 2 heteroatoms. The van der Waals surface area contributed by atoms with Crippen LogP contribution < -0.4 is 15.6 Å². The molecule has 0 amide bonds. The lowest BCUT2D eigenvalue weighted by Gasteiger charge is -2.44. The number of hydrogen-bond donors (Lipinski definition) is 0. The highest BCUT2D eigenvalue weighted by atomic mass is 28.4. The van der Waals surface area contributed by atoms with Crippen LogP contribution in [0, 0.1) is 23.2 Å². The zero-order valence-corrected chi connectivity index (χ0v) is 24.1. The Bertz CT molecular complexity index is 1260. The van der Waals surface area contributed by atoms with Crippen LogP contribution in [0.4, 0.5) is 0 Å². The molecule has 1 saturated carbocycles. The Kier molecular flexibility index (Phi) is 7.68. The van der Waals surface area contributed by atoms with Gasteiger partial charge in [-0.05, 0) is 70.8 Å². The van der Waals surface area contributed by atoms with Crippen LogP contribution in [0.5, 0.6) is 0 Å². The van der Waals surface area contributed by atoms with Gasteiger partial charge in [0.15, 0.2) is 0 Å². The van der Waals surface area contributed by atoms with E-state index in [0.717, 1.165) is 25.9 Å². The first-order chi connectivity index (χ1) is 19.3. The third kappa shape index (κ3) is 4.75. The predicted octanol–water partition coefficient (Wildman–Crippen LogP) is 7.11. The number of fused-ring (bicyclic) bond motifs is 1. The summed E-state index contributed by atoms with van der Waals surface area (Å²) in [5.41, 5.74) is 1.77. The second-order valence-corrected chi connectivity index (χ2v) is 14.8. The fraction of sp³-hybridized carbons (Fsp3) is 0.297. The van der Waals surface area contributed by atoms with Crippen LogP contribution in [0.2, 0.25) is 0 Å². The highest BCUT2D eigenvalue weighted by Crippen LogP contribution is 2.56. The summed E-state index contributed by atoms with van der Waals surface area (Å²) in [6.07, 6.45) is 22.5. The molecular weight excluding hydrogens is 488 g/mol. The molecule has 0 radical (unpaired) electrons. The van der Waals surface area contributed by atoms with Crippen LogP contribution in [0.15, 0.2) is 139 Å². The molecule has 0 N–H and O–H groups in total. The van der Waals surface area contributed by atoms with Crippen LogP contribution >= 0.6 is 0 Å². The monoisotopic (exact) mass is 528 g/mol. The molecule has 3 aliphatic carbocycles. The van der Waals surface area contributed by atoms with Gasteiger partial charge in [-0.2, -0.15) is 0 Å². The van der Waals surface area contributed by atoms with Gasteiger partial charge in [-0.3, -0.25) is 0 Å². The quantitative estimate of drug-likeness (QED) is 0.201. The lowest BCUT2D eigenvalue weighted by atomic mass is 9.61. The molecule has 198 valence electrons. The molecular formula is C37H40OSi. The molecule has 0 bridgehead atoms. The van der Waals surface area contributed by atoms with Gasteiger partial charge in [0.25, 0.3) is 8.32 Å². The summed E-state index contributed by atoms with van der Waals surface area (Å²) in [5.74, 6) is 1.98. The number of benzene rings is 3. The SMILES string of the molecule is CCC(CCO[Si](c1ccccc1)(c1ccccc1)c1ccccc1)(C1=CC=CC1)C1CCC2C=CC=CC21. The van der Waals surface area contributed by atoms with Crippen LogP contribution in [0.3, 0.4) is 0 Å². The highest BCUT2D eigenvalue weighted by molar-refractivity contribution is 7.07. The van der Waals surface area contributed by atoms with Gasteiger partial charge in [0.05, 0.1) is 0 Å². The highest BCUT2D eigenvalue weighted by Gasteiger charge is 2.49. The van der Waals surface area contributed by atoms with Crippen molar-refractivity contribution < 1.29 is 4.43 Å². The molecule has 6 rings (SSSR count). The Labute approximate surface area is 235 Å². The van der Waals surface area contributed by atoms with Crippen molar-refractivity contribution in [1.82, 2.24) is 0 Å². The van der Waals surface area contributed by atoms with Crippen molar-refractivity contribution in [2.75, 3.05) is 6.61 Å². The second-order valence-electron chi connectivity index (χ2n) is 11.4. The molecule has 1 fully saturated rings. The average Bonchev–Trinajstić information content (AvgIpc) is 3.71. The van der Waals surface area contributed by atoms with Crippen LogP contribution in [0.1, 0.15) is 39.0 Å². The Hall–Kier alpha value is -3.20. The third-order valence-electron chi connectivity index (χ3n) is 9.73. The van der Waals surface area contributed by atoms with Crippen LogP contribution in [0.25, 0.3) is 0 Å². The lowest BCUT2D eigenvalue weighted by Crippen LogP contribution is -2.69. The van der Waals surface area contributed by atoms with Crippen LogP contribution in [-0.4, -0.2) is 14.9 Å². The first kappa shape index (κ1) is 26.0. The summed E-state index contributed by atoms with van der Waals surface area (Å²) in [6, 6.07) is 33.0. The second kappa shape index (κ2) is 11.5. The van der Waals surface area contributed by atoms with E-state index in [4.69, 9.17) is 4.43 Å². The smallest absolute Gasteiger partial charge is 0.288 e. The molecule has 0 heterocycles. The molecule has 0 aliphatic heterocycles. The predicted molar refractivity (Wildman–Crippen MR) is 167 cm³/mol. The van der Waals surface area contributed by atoms with E-state index in [1.807, 2.05) is 0 Å². The van der Waals surface area contributed by atoms with Crippen LogP contribution in [-0.2, 0) is 4.43 Å². The molecule has 0 saturated heterocycles. The fourth-order valence-corrected chi connectivity index (χ4v) is 11.7. The molecule has 3 aliphatic rings. The summed E-state index contributed by atoms with van der Waals surface area (Å²) in [6.45, 7) is 3.18. The van der Waals surface area contributed by atoms with E-state index in [-0.39, 0.29) is 5.41 Å². The van der Waals surface area contributed by atoms with Crippen molar-refractivity contribution in [2.24, 2.45) is 23.2 Å². The standard InChI is InChI=1S/C37H40OSi/c1-2-37(31-17-13-14-18-31,36-27-26-30-16-12-15-25-35(30)36)28-29-38-39(32-19-6-3-7-20-32,33-21-8-4-9-22-33)34-23-10-5-11-24-34/h3-17,19-25,30,35-36H,2,18,26-29H2,1H3. The van der Waals surface area contributed by atoms with Crippen molar-refractivity contribution in [3.63, 3.8) is 0 Å². The normalized spacial score (nSPS) is 23.4. The lowest BCUT2D eigenvalue weighted by molar-refractivity contribution is 0.123.